The number of hydrogen-bond acceptors (Lipinski definition) is 3. The number of ether oxygens (including phenoxy) is 1. The second-order valence-electron chi connectivity index (χ2n) is 3.70. The van der Waals surface area contributed by atoms with Crippen LogP contribution in [0.5, 0.6) is 5.75 Å². The maximum atomic E-state index is 10.9. The molecule has 0 spiro atoms. The zero-order valence-electron chi connectivity index (χ0n) is 8.62. The highest BCUT2D eigenvalue weighted by atomic mass is 16.5. The average molecular weight is 206 g/mol. The van der Waals surface area contributed by atoms with Crippen molar-refractivity contribution in [2.24, 2.45) is 5.73 Å². The van der Waals surface area contributed by atoms with Crippen molar-refractivity contribution < 1.29 is 9.53 Å². The number of fused-ring (bicyclic) bond motifs is 1. The Morgan fingerprint density at radius 3 is 3.13 bits per heavy atom. The average Bonchev–Trinajstić information content (AvgIpc) is 2.60. The first-order chi connectivity index (χ1) is 7.20. The Bertz CT molecular complexity index is 390. The minimum absolute atomic E-state index is 0.174. The Morgan fingerprint density at radius 2 is 2.47 bits per heavy atom. The molecule has 0 radical (unpaired) electrons. The molecule has 1 amide bonds. The van der Waals surface area contributed by atoms with Crippen LogP contribution in [0.3, 0.4) is 0 Å². The molecule has 1 aliphatic rings. The van der Waals surface area contributed by atoms with Gasteiger partial charge in [0.05, 0.1) is 7.11 Å². The van der Waals surface area contributed by atoms with E-state index in [2.05, 4.69) is 5.32 Å². The van der Waals surface area contributed by atoms with Gasteiger partial charge in [-0.3, -0.25) is 4.79 Å². The molecule has 4 heteroatoms. The number of primary amides is 1. The molecule has 1 aliphatic heterocycles. The molecular weight excluding hydrogens is 192 g/mol. The van der Waals surface area contributed by atoms with Crippen molar-refractivity contribution in [1.29, 1.82) is 0 Å². The summed E-state index contributed by atoms with van der Waals surface area (Å²) in [5, 5.41) is 3.24. The largest absolute Gasteiger partial charge is 0.497 e. The van der Waals surface area contributed by atoms with Crippen molar-refractivity contribution in [3.63, 3.8) is 0 Å². The van der Waals surface area contributed by atoms with Crippen LogP contribution >= 0.6 is 0 Å². The van der Waals surface area contributed by atoms with Gasteiger partial charge in [0.15, 0.2) is 0 Å². The minimum Gasteiger partial charge on any atom is -0.497 e. The van der Waals surface area contributed by atoms with E-state index in [4.69, 9.17) is 10.5 Å². The molecule has 1 aromatic carbocycles. The van der Waals surface area contributed by atoms with Crippen LogP contribution in [0.15, 0.2) is 18.2 Å². The predicted octanol–water partition coefficient (Wildman–Crippen LogP) is 1.08. The van der Waals surface area contributed by atoms with Crippen LogP contribution in [-0.4, -0.2) is 19.6 Å². The number of carbonyl (C=O) groups is 1. The van der Waals surface area contributed by atoms with Gasteiger partial charge in [-0.2, -0.15) is 0 Å². The summed E-state index contributed by atoms with van der Waals surface area (Å²) in [6.45, 7) is 0.769. The Morgan fingerprint density at radius 1 is 1.67 bits per heavy atom. The van der Waals surface area contributed by atoms with Crippen LogP contribution in [0, 0.1) is 0 Å². The number of nitrogens with two attached hydrogens (primary N) is 1. The third-order valence-electron chi connectivity index (χ3n) is 2.69. The minimum atomic E-state index is -0.266. The van der Waals surface area contributed by atoms with Crippen molar-refractivity contribution in [1.82, 2.24) is 0 Å². The molecule has 2 rings (SSSR count). The van der Waals surface area contributed by atoms with E-state index in [-0.39, 0.29) is 11.8 Å². The van der Waals surface area contributed by atoms with E-state index in [1.165, 1.54) is 0 Å². The first-order valence-electron chi connectivity index (χ1n) is 4.91. The number of amides is 1. The molecule has 15 heavy (non-hydrogen) atoms. The molecule has 1 atom stereocenters. The summed E-state index contributed by atoms with van der Waals surface area (Å²) in [7, 11) is 1.63. The summed E-state index contributed by atoms with van der Waals surface area (Å²) >= 11 is 0. The van der Waals surface area contributed by atoms with Crippen LogP contribution in [0.1, 0.15) is 17.9 Å². The zero-order valence-corrected chi connectivity index (χ0v) is 8.62. The summed E-state index contributed by atoms with van der Waals surface area (Å²) in [6, 6.07) is 5.83. The van der Waals surface area contributed by atoms with Crippen molar-refractivity contribution in [2.45, 2.75) is 12.3 Å². The van der Waals surface area contributed by atoms with Crippen molar-refractivity contribution in [3.8, 4) is 5.75 Å². The van der Waals surface area contributed by atoms with Crippen LogP contribution < -0.4 is 15.8 Å². The monoisotopic (exact) mass is 206 g/mol. The number of benzene rings is 1. The van der Waals surface area contributed by atoms with E-state index in [0.29, 0.717) is 6.42 Å². The Balaban J connectivity index is 2.27. The summed E-state index contributed by atoms with van der Waals surface area (Å²) < 4.78 is 5.15. The highest BCUT2D eigenvalue weighted by Gasteiger charge is 2.23. The molecule has 0 saturated carbocycles. The second-order valence-corrected chi connectivity index (χ2v) is 3.70. The number of nitrogens with one attached hydrogen (secondary N) is 1. The van der Waals surface area contributed by atoms with Gasteiger partial charge in [-0.25, -0.2) is 0 Å². The lowest BCUT2D eigenvalue weighted by atomic mass is 9.97. The van der Waals surface area contributed by atoms with Crippen LogP contribution in [0.25, 0.3) is 0 Å². The Labute approximate surface area is 88.4 Å². The topological polar surface area (TPSA) is 64.3 Å². The maximum Gasteiger partial charge on any atom is 0.218 e. The normalized spacial score (nSPS) is 18.1. The van der Waals surface area contributed by atoms with Gasteiger partial charge >= 0.3 is 0 Å². The van der Waals surface area contributed by atoms with Gasteiger partial charge in [0.2, 0.25) is 5.91 Å². The Kier molecular flexibility index (Phi) is 2.49. The van der Waals surface area contributed by atoms with Crippen molar-refractivity contribution in [2.75, 3.05) is 19.0 Å². The quantitative estimate of drug-likeness (QED) is 0.777. The van der Waals surface area contributed by atoms with Crippen LogP contribution in [-0.2, 0) is 4.79 Å². The van der Waals surface area contributed by atoms with E-state index in [1.54, 1.807) is 7.11 Å². The number of methoxy groups -OCH3 is 1. The number of anilines is 1. The standard InChI is InChI=1S/C11H14N2O2/c1-15-8-2-3-10-9(5-8)7(6-13-10)4-11(12)14/h2-3,5,7,13H,4,6H2,1H3,(H2,12,14). The molecule has 1 unspecified atom stereocenters. The second kappa shape index (κ2) is 3.81. The summed E-state index contributed by atoms with van der Waals surface area (Å²) in [5.74, 6) is 0.719. The van der Waals surface area contributed by atoms with Crippen molar-refractivity contribution >= 4 is 11.6 Å². The predicted molar refractivity (Wildman–Crippen MR) is 58.0 cm³/mol. The molecule has 0 aliphatic carbocycles. The number of carbonyl (C=O) groups excluding carboxylic acids is 1. The third kappa shape index (κ3) is 1.88. The SMILES string of the molecule is COc1ccc2c(c1)C(CC(N)=O)CN2. The van der Waals surface area contributed by atoms with Gasteiger partial charge < -0.3 is 15.8 Å². The van der Waals surface area contributed by atoms with E-state index >= 15 is 0 Å². The highest BCUT2D eigenvalue weighted by molar-refractivity contribution is 5.76. The molecule has 3 N–H and O–H groups in total. The summed E-state index contributed by atoms with van der Waals surface area (Å²) in [4.78, 5) is 10.9. The zero-order chi connectivity index (χ0) is 10.8. The highest BCUT2D eigenvalue weighted by Crippen LogP contribution is 2.35. The number of hydrogen-bond donors (Lipinski definition) is 2. The van der Waals surface area contributed by atoms with Gasteiger partial charge in [-0.1, -0.05) is 0 Å². The lowest BCUT2D eigenvalue weighted by Crippen LogP contribution is -2.16. The summed E-state index contributed by atoms with van der Waals surface area (Å²) in [5.41, 5.74) is 7.39. The van der Waals surface area contributed by atoms with E-state index in [0.717, 1.165) is 23.5 Å². The molecule has 1 heterocycles. The lowest BCUT2D eigenvalue weighted by Gasteiger charge is -2.08. The van der Waals surface area contributed by atoms with Gasteiger partial charge in [0.1, 0.15) is 5.75 Å². The van der Waals surface area contributed by atoms with Crippen molar-refractivity contribution in [3.05, 3.63) is 23.8 Å². The van der Waals surface area contributed by atoms with E-state index in [9.17, 15) is 4.79 Å². The maximum absolute atomic E-state index is 10.9. The molecule has 4 nitrogen and oxygen atoms in total. The molecule has 0 saturated heterocycles. The van der Waals surface area contributed by atoms with Crippen LogP contribution in [0.4, 0.5) is 5.69 Å². The van der Waals surface area contributed by atoms with Gasteiger partial charge in [-0.15, -0.1) is 0 Å². The molecule has 0 bridgehead atoms. The van der Waals surface area contributed by atoms with Gasteiger partial charge in [-0.05, 0) is 23.8 Å². The van der Waals surface area contributed by atoms with Gasteiger partial charge in [0.25, 0.3) is 0 Å². The molecule has 1 aromatic rings. The van der Waals surface area contributed by atoms with Gasteiger partial charge in [0, 0.05) is 24.6 Å². The van der Waals surface area contributed by atoms with Crippen LogP contribution in [0.2, 0.25) is 0 Å². The summed E-state index contributed by atoms with van der Waals surface area (Å²) in [6.07, 6.45) is 0.382. The third-order valence-corrected chi connectivity index (χ3v) is 2.69. The fourth-order valence-corrected chi connectivity index (χ4v) is 1.93. The van der Waals surface area contributed by atoms with E-state index < -0.39 is 0 Å². The number of rotatable bonds is 3. The molecule has 80 valence electrons. The first kappa shape index (κ1) is 9.83. The van der Waals surface area contributed by atoms with E-state index in [1.807, 2.05) is 18.2 Å². The smallest absolute Gasteiger partial charge is 0.218 e. The molecule has 0 fully saturated rings. The fourth-order valence-electron chi connectivity index (χ4n) is 1.93. The first-order valence-corrected chi connectivity index (χ1v) is 4.91. The fraction of sp³-hybridized carbons (Fsp3) is 0.364. The molecular formula is C11H14N2O2. The molecule has 0 aromatic heterocycles. The Hall–Kier alpha value is -1.71. The lowest BCUT2D eigenvalue weighted by molar-refractivity contribution is -0.118.